The number of nitrogen functional groups attached to an aromatic ring is 1. The first kappa shape index (κ1) is 15.7. The van der Waals surface area contributed by atoms with Crippen LogP contribution in [0.2, 0.25) is 0 Å². The molecule has 7 N–H and O–H groups in total. The third-order valence-corrected chi connectivity index (χ3v) is 3.80. The van der Waals surface area contributed by atoms with Gasteiger partial charge in [0.05, 0.1) is 11.3 Å². The maximum atomic E-state index is 11.9. The minimum Gasteiger partial charge on any atom is -0.478 e. The molecule has 0 fully saturated rings. The van der Waals surface area contributed by atoms with Crippen LogP contribution >= 0.6 is 0 Å². The van der Waals surface area contributed by atoms with E-state index < -0.39 is 22.0 Å². The van der Waals surface area contributed by atoms with Crippen molar-refractivity contribution in [1.82, 2.24) is 10.0 Å². The summed E-state index contributed by atoms with van der Waals surface area (Å²) in [4.78, 5) is 20.9. The van der Waals surface area contributed by atoms with Crippen molar-refractivity contribution in [3.05, 3.63) is 23.8 Å². The van der Waals surface area contributed by atoms with Gasteiger partial charge in [-0.25, -0.2) is 22.7 Å². The van der Waals surface area contributed by atoms with Gasteiger partial charge in [-0.05, 0) is 18.2 Å². The highest BCUT2D eigenvalue weighted by atomic mass is 32.2. The Hall–Kier alpha value is -2.33. The highest BCUT2D eigenvalue weighted by Crippen LogP contribution is 2.19. The third kappa shape index (κ3) is 4.10. The lowest BCUT2D eigenvalue weighted by molar-refractivity contribution is 0.0696. The Balaban J connectivity index is 2.82. The second kappa shape index (κ2) is 6.21. The number of carboxylic acid groups (broad SMARTS) is 1. The van der Waals surface area contributed by atoms with Crippen molar-refractivity contribution in [3.63, 3.8) is 0 Å². The van der Waals surface area contributed by atoms with E-state index in [1.54, 1.807) is 0 Å². The van der Waals surface area contributed by atoms with Crippen LogP contribution in [0.1, 0.15) is 10.4 Å². The number of anilines is 1. The lowest BCUT2D eigenvalue weighted by Crippen LogP contribution is -2.37. The van der Waals surface area contributed by atoms with Crippen molar-refractivity contribution in [2.45, 2.75) is 4.90 Å². The molecule has 9 nitrogen and oxygen atoms in total. The van der Waals surface area contributed by atoms with E-state index in [-0.39, 0.29) is 29.2 Å². The molecule has 2 amide bonds. The molecule has 0 saturated carbocycles. The van der Waals surface area contributed by atoms with E-state index in [0.29, 0.717) is 0 Å². The van der Waals surface area contributed by atoms with Gasteiger partial charge in [0.15, 0.2) is 0 Å². The quantitative estimate of drug-likeness (QED) is 0.331. The maximum absolute atomic E-state index is 11.9. The Morgan fingerprint density at radius 3 is 2.40 bits per heavy atom. The van der Waals surface area contributed by atoms with E-state index in [2.05, 4.69) is 10.0 Å². The van der Waals surface area contributed by atoms with Crippen LogP contribution in [0.4, 0.5) is 10.5 Å². The summed E-state index contributed by atoms with van der Waals surface area (Å²) in [6, 6.07) is 2.52. The first-order valence-corrected chi connectivity index (χ1v) is 6.88. The molecule has 0 aromatic heterocycles. The van der Waals surface area contributed by atoms with Crippen LogP contribution in [-0.2, 0) is 10.0 Å². The van der Waals surface area contributed by atoms with Gasteiger partial charge >= 0.3 is 12.0 Å². The zero-order valence-corrected chi connectivity index (χ0v) is 11.1. The average Bonchev–Trinajstić information content (AvgIpc) is 2.34. The first-order valence-electron chi connectivity index (χ1n) is 5.40. The smallest absolute Gasteiger partial charge is 0.335 e. The van der Waals surface area contributed by atoms with E-state index in [0.717, 1.165) is 18.2 Å². The van der Waals surface area contributed by atoms with Gasteiger partial charge in [-0.1, -0.05) is 0 Å². The van der Waals surface area contributed by atoms with Crippen LogP contribution in [0.5, 0.6) is 0 Å². The fourth-order valence-corrected chi connectivity index (χ4v) is 2.52. The summed E-state index contributed by atoms with van der Waals surface area (Å²) < 4.78 is 26.0. The fourth-order valence-electron chi connectivity index (χ4n) is 1.38. The van der Waals surface area contributed by atoms with Crippen LogP contribution < -0.4 is 21.5 Å². The topological polar surface area (TPSA) is 165 Å². The summed E-state index contributed by atoms with van der Waals surface area (Å²) in [6.45, 7) is -0.0624. The molecule has 0 aliphatic heterocycles. The summed E-state index contributed by atoms with van der Waals surface area (Å²) >= 11 is 0. The fraction of sp³-hybridized carbons (Fsp3) is 0.200. The van der Waals surface area contributed by atoms with Crippen molar-refractivity contribution in [2.24, 2.45) is 5.73 Å². The summed E-state index contributed by atoms with van der Waals surface area (Å²) in [5.74, 6) is -1.21. The second-order valence-corrected chi connectivity index (χ2v) is 5.48. The Morgan fingerprint density at radius 2 is 1.90 bits per heavy atom. The minimum atomic E-state index is -3.89. The van der Waals surface area contributed by atoms with Crippen LogP contribution in [0.15, 0.2) is 23.1 Å². The number of carbonyl (C=O) groups excluding carboxylic acids is 1. The van der Waals surface area contributed by atoms with E-state index in [1.807, 2.05) is 0 Å². The first-order chi connectivity index (χ1) is 9.24. The highest BCUT2D eigenvalue weighted by molar-refractivity contribution is 7.89. The number of nitrogens with two attached hydrogens (primary N) is 2. The molecule has 1 aromatic carbocycles. The largest absolute Gasteiger partial charge is 0.478 e. The van der Waals surface area contributed by atoms with E-state index in [1.165, 1.54) is 0 Å². The summed E-state index contributed by atoms with van der Waals surface area (Å²) in [7, 11) is -3.89. The summed E-state index contributed by atoms with van der Waals surface area (Å²) in [6.07, 6.45) is 0. The molecule has 0 saturated heterocycles. The molecular formula is C10H14N4O5S. The molecule has 0 radical (unpaired) electrons. The molecule has 110 valence electrons. The highest BCUT2D eigenvalue weighted by Gasteiger charge is 2.18. The van der Waals surface area contributed by atoms with Gasteiger partial charge in [0.2, 0.25) is 10.0 Å². The number of benzene rings is 1. The SMILES string of the molecule is NC(=O)NCCNS(=O)(=O)c1ccc(C(=O)O)cc1N. The average molecular weight is 302 g/mol. The van der Waals surface area contributed by atoms with Crippen molar-refractivity contribution in [1.29, 1.82) is 0 Å². The number of sulfonamides is 1. The number of rotatable bonds is 6. The zero-order valence-electron chi connectivity index (χ0n) is 10.3. The van der Waals surface area contributed by atoms with Crippen molar-refractivity contribution in [2.75, 3.05) is 18.8 Å². The van der Waals surface area contributed by atoms with Crippen molar-refractivity contribution < 1.29 is 23.1 Å². The monoisotopic (exact) mass is 302 g/mol. The molecule has 0 aliphatic rings. The Morgan fingerprint density at radius 1 is 1.25 bits per heavy atom. The lowest BCUT2D eigenvalue weighted by Gasteiger charge is -2.09. The molecule has 0 aliphatic carbocycles. The summed E-state index contributed by atoms with van der Waals surface area (Å²) in [5.41, 5.74) is 10.1. The van der Waals surface area contributed by atoms with Gasteiger partial charge < -0.3 is 21.9 Å². The number of primary amides is 1. The number of amides is 2. The molecule has 20 heavy (non-hydrogen) atoms. The van der Waals surface area contributed by atoms with Gasteiger partial charge in [0.25, 0.3) is 0 Å². The van der Waals surface area contributed by atoms with Gasteiger partial charge in [0, 0.05) is 13.1 Å². The Labute approximate surface area is 115 Å². The van der Waals surface area contributed by atoms with Gasteiger partial charge in [-0.15, -0.1) is 0 Å². The van der Waals surface area contributed by atoms with Gasteiger partial charge in [-0.2, -0.15) is 0 Å². The predicted molar refractivity (Wildman–Crippen MR) is 70.6 cm³/mol. The molecule has 0 bridgehead atoms. The van der Waals surface area contributed by atoms with Crippen LogP contribution in [0.3, 0.4) is 0 Å². The molecule has 1 rings (SSSR count). The molecule has 0 unspecified atom stereocenters. The maximum Gasteiger partial charge on any atom is 0.335 e. The van der Waals surface area contributed by atoms with Crippen LogP contribution in [-0.4, -0.2) is 38.6 Å². The molecule has 0 heterocycles. The van der Waals surface area contributed by atoms with Gasteiger partial charge in [0.1, 0.15) is 4.90 Å². The minimum absolute atomic E-state index is 0.0156. The zero-order chi connectivity index (χ0) is 15.3. The number of hydrogen-bond acceptors (Lipinski definition) is 5. The van der Waals surface area contributed by atoms with Crippen molar-refractivity contribution >= 4 is 27.7 Å². The molecule has 1 aromatic rings. The number of urea groups is 1. The van der Waals surface area contributed by atoms with E-state index in [4.69, 9.17) is 16.6 Å². The van der Waals surface area contributed by atoms with Crippen molar-refractivity contribution in [3.8, 4) is 0 Å². The van der Waals surface area contributed by atoms with E-state index >= 15 is 0 Å². The van der Waals surface area contributed by atoms with Gasteiger partial charge in [-0.3, -0.25) is 0 Å². The standard InChI is InChI=1S/C10H14N4O5S/c11-7-5-6(9(15)16)1-2-8(7)20(18,19)14-4-3-13-10(12)17/h1-2,5,14H,3-4,11H2,(H,15,16)(H3,12,13,17). The Bertz CT molecular complexity index is 629. The Kier molecular flexibility index (Phi) is 4.88. The molecule has 0 atom stereocenters. The molecule has 0 spiro atoms. The van der Waals surface area contributed by atoms with Crippen LogP contribution in [0.25, 0.3) is 0 Å². The number of carboxylic acids is 1. The predicted octanol–water partition coefficient (Wildman–Crippen LogP) is -1.09. The number of nitrogens with one attached hydrogen (secondary N) is 2. The van der Waals surface area contributed by atoms with E-state index in [9.17, 15) is 18.0 Å². The number of hydrogen-bond donors (Lipinski definition) is 5. The third-order valence-electron chi connectivity index (χ3n) is 2.26. The number of carbonyl (C=O) groups is 2. The molecule has 10 heteroatoms. The molecular weight excluding hydrogens is 288 g/mol. The van der Waals surface area contributed by atoms with Crippen LogP contribution in [0, 0.1) is 0 Å². The second-order valence-electron chi connectivity index (χ2n) is 3.75. The normalized spacial score (nSPS) is 11.0. The number of aromatic carboxylic acids is 1. The lowest BCUT2D eigenvalue weighted by atomic mass is 10.2. The summed E-state index contributed by atoms with van der Waals surface area (Å²) in [5, 5.41) is 11.0.